The molecule has 0 saturated carbocycles. The highest BCUT2D eigenvalue weighted by Gasteiger charge is 2.27. The third-order valence-corrected chi connectivity index (χ3v) is 7.15. The zero-order valence-corrected chi connectivity index (χ0v) is 19.3. The second-order valence-electron chi connectivity index (χ2n) is 8.57. The Labute approximate surface area is 196 Å². The van der Waals surface area contributed by atoms with Crippen LogP contribution in [0.3, 0.4) is 0 Å². The van der Waals surface area contributed by atoms with Gasteiger partial charge in [-0.05, 0) is 30.9 Å². The maximum atomic E-state index is 12.9. The van der Waals surface area contributed by atoms with Crippen molar-refractivity contribution in [3.8, 4) is 11.1 Å². The first kappa shape index (κ1) is 21.4. The van der Waals surface area contributed by atoms with E-state index in [1.165, 1.54) is 16.9 Å². The molecule has 1 aliphatic rings. The largest absolute Gasteiger partial charge is 0.352 e. The van der Waals surface area contributed by atoms with Crippen LogP contribution in [0.1, 0.15) is 24.0 Å². The van der Waals surface area contributed by atoms with Crippen LogP contribution in [-0.4, -0.2) is 29.0 Å². The van der Waals surface area contributed by atoms with Gasteiger partial charge in [0.2, 0.25) is 11.9 Å². The predicted octanol–water partition coefficient (Wildman–Crippen LogP) is 4.49. The molecule has 1 saturated heterocycles. The number of piperidine rings is 1. The molecule has 0 unspecified atom stereocenters. The molecule has 2 aromatic heterocycles. The van der Waals surface area contributed by atoms with Gasteiger partial charge in [-0.2, -0.15) is 0 Å². The summed E-state index contributed by atoms with van der Waals surface area (Å²) in [7, 11) is 0. The monoisotopic (exact) mass is 458 g/mol. The smallest absolute Gasteiger partial charge is 0.270 e. The second kappa shape index (κ2) is 9.19. The van der Waals surface area contributed by atoms with Gasteiger partial charge in [0.05, 0.1) is 11.4 Å². The minimum atomic E-state index is -0.138. The summed E-state index contributed by atoms with van der Waals surface area (Å²) in [4.78, 5) is 35.5. The van der Waals surface area contributed by atoms with Crippen LogP contribution in [0.15, 0.2) is 64.8 Å². The highest BCUT2D eigenvalue weighted by Crippen LogP contribution is 2.32. The first-order chi connectivity index (χ1) is 16.1. The number of carbonyl (C=O) groups excluding carboxylic acids is 1. The Morgan fingerprint density at radius 2 is 1.97 bits per heavy atom. The van der Waals surface area contributed by atoms with Crippen molar-refractivity contribution in [2.24, 2.45) is 5.92 Å². The van der Waals surface area contributed by atoms with Gasteiger partial charge in [-0.3, -0.25) is 14.6 Å². The summed E-state index contributed by atoms with van der Waals surface area (Å²) in [5, 5.41) is 5.06. The molecule has 168 valence electrons. The number of hydrogen-bond donors (Lipinski definition) is 2. The van der Waals surface area contributed by atoms with Crippen molar-refractivity contribution in [2.75, 3.05) is 18.0 Å². The van der Waals surface area contributed by atoms with Crippen molar-refractivity contribution in [2.45, 2.75) is 26.3 Å². The van der Waals surface area contributed by atoms with Crippen molar-refractivity contribution in [1.29, 1.82) is 0 Å². The molecule has 0 aliphatic carbocycles. The van der Waals surface area contributed by atoms with Crippen molar-refractivity contribution >= 4 is 33.4 Å². The van der Waals surface area contributed by atoms with E-state index in [1.54, 1.807) is 0 Å². The lowest BCUT2D eigenvalue weighted by atomic mass is 9.97. The Morgan fingerprint density at radius 1 is 1.18 bits per heavy atom. The van der Waals surface area contributed by atoms with Crippen molar-refractivity contribution < 1.29 is 4.79 Å². The summed E-state index contributed by atoms with van der Waals surface area (Å²) in [6.07, 6.45) is 1.70. The summed E-state index contributed by atoms with van der Waals surface area (Å²) < 4.78 is 0.627. The lowest BCUT2D eigenvalue weighted by Gasteiger charge is -2.32. The molecule has 1 fully saturated rings. The maximum absolute atomic E-state index is 12.9. The fourth-order valence-electron chi connectivity index (χ4n) is 4.31. The van der Waals surface area contributed by atoms with E-state index in [4.69, 9.17) is 4.98 Å². The number of anilines is 1. The molecule has 0 spiro atoms. The van der Waals surface area contributed by atoms with Crippen molar-refractivity contribution in [3.05, 3.63) is 81.5 Å². The molecule has 1 amide bonds. The van der Waals surface area contributed by atoms with Gasteiger partial charge in [0.25, 0.3) is 5.56 Å². The van der Waals surface area contributed by atoms with Gasteiger partial charge in [0, 0.05) is 30.6 Å². The van der Waals surface area contributed by atoms with Crippen molar-refractivity contribution in [1.82, 2.24) is 15.3 Å². The van der Waals surface area contributed by atoms with E-state index in [2.05, 4.69) is 22.4 Å². The Balaban J connectivity index is 1.34. The number of rotatable bonds is 5. The Kier molecular flexibility index (Phi) is 5.96. The number of H-pyrrole nitrogens is 1. The van der Waals surface area contributed by atoms with Crippen LogP contribution in [0.4, 0.5) is 5.95 Å². The van der Waals surface area contributed by atoms with E-state index in [-0.39, 0.29) is 17.4 Å². The van der Waals surface area contributed by atoms with Crippen LogP contribution in [0.5, 0.6) is 0 Å². The van der Waals surface area contributed by atoms with Gasteiger partial charge in [0.1, 0.15) is 4.70 Å². The minimum Gasteiger partial charge on any atom is -0.352 e. The summed E-state index contributed by atoms with van der Waals surface area (Å²) in [5.74, 6) is 0.449. The number of nitrogens with zero attached hydrogens (tertiary/aromatic N) is 2. The highest BCUT2D eigenvalue weighted by molar-refractivity contribution is 7.17. The Morgan fingerprint density at radius 3 is 2.76 bits per heavy atom. The number of aryl methyl sites for hydroxylation is 1. The van der Waals surface area contributed by atoms with Crippen LogP contribution < -0.4 is 15.8 Å². The number of hydrogen-bond acceptors (Lipinski definition) is 5. The van der Waals surface area contributed by atoms with Crippen LogP contribution in [0, 0.1) is 12.8 Å². The first-order valence-electron chi connectivity index (χ1n) is 11.2. The van der Waals surface area contributed by atoms with Gasteiger partial charge < -0.3 is 10.2 Å². The molecule has 2 aromatic carbocycles. The SMILES string of the molecule is Cc1ccc(CNC(=O)[C@@H]2CCCN(c3nc4c(-c5ccccc5)csc4c(=O)[nH]3)C2)cc1. The molecule has 3 heterocycles. The molecule has 6 nitrogen and oxygen atoms in total. The molecule has 1 atom stereocenters. The molecule has 0 bridgehead atoms. The maximum Gasteiger partial charge on any atom is 0.270 e. The van der Waals surface area contributed by atoms with E-state index >= 15 is 0 Å². The zero-order chi connectivity index (χ0) is 22.8. The molecule has 1 aliphatic heterocycles. The third kappa shape index (κ3) is 4.54. The molecule has 4 aromatic rings. The molecule has 33 heavy (non-hydrogen) atoms. The standard InChI is InChI=1S/C26H26N4O2S/c1-17-9-11-18(12-10-17)14-27-24(31)20-8-5-13-30(15-20)26-28-22-21(19-6-3-2-4-7-19)16-33-23(22)25(32)29-26/h2-4,6-7,9-12,16,20H,5,8,13-15H2,1H3,(H,27,31)(H,28,29,32)/t20-/m1/s1. The van der Waals surface area contributed by atoms with Crippen LogP contribution in [0.2, 0.25) is 0 Å². The average Bonchev–Trinajstić information content (AvgIpc) is 3.29. The topological polar surface area (TPSA) is 78.1 Å². The number of carbonyl (C=O) groups is 1. The van der Waals surface area contributed by atoms with Gasteiger partial charge in [-0.15, -0.1) is 11.3 Å². The number of amides is 1. The fraction of sp³-hybridized carbons (Fsp3) is 0.269. The van der Waals surface area contributed by atoms with E-state index in [9.17, 15) is 9.59 Å². The predicted molar refractivity (Wildman–Crippen MR) is 134 cm³/mol. The highest BCUT2D eigenvalue weighted by atomic mass is 32.1. The molecule has 5 rings (SSSR count). The zero-order valence-electron chi connectivity index (χ0n) is 18.5. The number of aromatic amines is 1. The van der Waals surface area contributed by atoms with Gasteiger partial charge in [-0.1, -0.05) is 60.2 Å². The third-order valence-electron chi connectivity index (χ3n) is 6.18. The Hall–Kier alpha value is -3.45. The normalized spacial score (nSPS) is 16.2. The lowest BCUT2D eigenvalue weighted by molar-refractivity contribution is -0.125. The molecule has 7 heteroatoms. The van der Waals surface area contributed by atoms with Crippen LogP contribution >= 0.6 is 11.3 Å². The fourth-order valence-corrected chi connectivity index (χ4v) is 5.22. The molecule has 2 N–H and O–H groups in total. The second-order valence-corrected chi connectivity index (χ2v) is 9.45. The molecular weight excluding hydrogens is 432 g/mol. The molecular formula is C26H26N4O2S. The van der Waals surface area contributed by atoms with Crippen LogP contribution in [-0.2, 0) is 11.3 Å². The van der Waals surface area contributed by atoms with Gasteiger partial charge in [0.15, 0.2) is 0 Å². The Bertz CT molecular complexity index is 1330. The number of aromatic nitrogens is 2. The van der Waals surface area contributed by atoms with E-state index in [0.717, 1.165) is 41.6 Å². The number of benzene rings is 2. The summed E-state index contributed by atoms with van der Waals surface area (Å²) in [6.45, 7) is 3.87. The number of thiophene rings is 1. The average molecular weight is 459 g/mol. The van der Waals surface area contributed by atoms with Gasteiger partial charge >= 0.3 is 0 Å². The lowest BCUT2D eigenvalue weighted by Crippen LogP contribution is -2.44. The number of nitrogens with one attached hydrogen (secondary N) is 2. The summed E-state index contributed by atoms with van der Waals surface area (Å²) >= 11 is 1.41. The minimum absolute atomic E-state index is 0.0456. The molecule has 0 radical (unpaired) electrons. The first-order valence-corrected chi connectivity index (χ1v) is 12.1. The van der Waals surface area contributed by atoms with Crippen LogP contribution in [0.25, 0.3) is 21.3 Å². The summed E-state index contributed by atoms with van der Waals surface area (Å²) in [5.41, 5.74) is 4.88. The van der Waals surface area contributed by atoms with Gasteiger partial charge in [-0.25, -0.2) is 4.98 Å². The van der Waals surface area contributed by atoms with Crippen molar-refractivity contribution in [3.63, 3.8) is 0 Å². The van der Waals surface area contributed by atoms with E-state index in [0.29, 0.717) is 23.7 Å². The van der Waals surface area contributed by atoms with E-state index < -0.39 is 0 Å². The van der Waals surface area contributed by atoms with E-state index in [1.807, 2.05) is 59.7 Å². The number of fused-ring (bicyclic) bond motifs is 1. The summed E-state index contributed by atoms with van der Waals surface area (Å²) in [6, 6.07) is 18.2. The quantitative estimate of drug-likeness (QED) is 0.462.